The number of hydrogen-bond acceptors (Lipinski definition) is 4. The number of hydrogen-bond donors (Lipinski definition) is 1. The zero-order valence-corrected chi connectivity index (χ0v) is 16.2. The molecular formula is C17H16Cl2N2O4S. The van der Waals surface area contributed by atoms with E-state index in [9.17, 15) is 13.2 Å². The van der Waals surface area contributed by atoms with Crippen molar-refractivity contribution in [2.75, 3.05) is 23.3 Å². The number of nitrogens with one attached hydrogen (secondary N) is 1. The van der Waals surface area contributed by atoms with Crippen molar-refractivity contribution in [2.24, 2.45) is 0 Å². The molecule has 1 heterocycles. The molecule has 0 unspecified atom stereocenters. The van der Waals surface area contributed by atoms with E-state index in [0.717, 1.165) is 6.42 Å². The van der Waals surface area contributed by atoms with Crippen LogP contribution < -0.4 is 14.4 Å². The molecule has 1 aliphatic heterocycles. The largest absolute Gasteiger partial charge is 0.495 e. The lowest BCUT2D eigenvalue weighted by Crippen LogP contribution is -2.25. The summed E-state index contributed by atoms with van der Waals surface area (Å²) in [5, 5.41) is 0.585. The molecule has 1 saturated heterocycles. The quantitative estimate of drug-likeness (QED) is 0.803. The third-order valence-corrected chi connectivity index (χ3v) is 5.91. The van der Waals surface area contributed by atoms with Crippen molar-refractivity contribution in [3.63, 3.8) is 0 Å². The second-order valence-corrected chi connectivity index (χ2v) is 8.24. The molecule has 0 radical (unpaired) electrons. The fourth-order valence-electron chi connectivity index (χ4n) is 2.73. The van der Waals surface area contributed by atoms with E-state index < -0.39 is 10.0 Å². The number of benzene rings is 2. The first-order valence-electron chi connectivity index (χ1n) is 7.78. The molecule has 138 valence electrons. The van der Waals surface area contributed by atoms with Gasteiger partial charge in [0.05, 0.1) is 28.4 Å². The van der Waals surface area contributed by atoms with Gasteiger partial charge in [-0.15, -0.1) is 0 Å². The Morgan fingerprint density at radius 2 is 1.92 bits per heavy atom. The van der Waals surface area contributed by atoms with E-state index in [2.05, 4.69) is 4.72 Å². The molecule has 2 aromatic rings. The first kappa shape index (κ1) is 18.8. The summed E-state index contributed by atoms with van der Waals surface area (Å²) >= 11 is 11.9. The number of ether oxygens (including phenoxy) is 1. The van der Waals surface area contributed by atoms with Crippen LogP contribution in [0, 0.1) is 0 Å². The topological polar surface area (TPSA) is 75.7 Å². The number of sulfonamides is 1. The van der Waals surface area contributed by atoms with Gasteiger partial charge in [0.2, 0.25) is 5.91 Å². The van der Waals surface area contributed by atoms with Gasteiger partial charge in [-0.05, 0) is 42.8 Å². The van der Waals surface area contributed by atoms with Crippen LogP contribution in [0.4, 0.5) is 11.4 Å². The van der Waals surface area contributed by atoms with Gasteiger partial charge in [0.1, 0.15) is 5.75 Å². The number of anilines is 2. The zero-order valence-electron chi connectivity index (χ0n) is 13.8. The molecule has 3 rings (SSSR count). The van der Waals surface area contributed by atoms with E-state index in [-0.39, 0.29) is 21.5 Å². The Balaban J connectivity index is 1.98. The summed E-state index contributed by atoms with van der Waals surface area (Å²) < 4.78 is 33.2. The maximum Gasteiger partial charge on any atom is 0.262 e. The Bertz CT molecular complexity index is 963. The fraction of sp³-hybridized carbons (Fsp3) is 0.235. The Hall–Kier alpha value is -1.96. The normalized spacial score (nSPS) is 14.6. The molecule has 0 spiro atoms. The van der Waals surface area contributed by atoms with Crippen LogP contribution in [-0.2, 0) is 14.8 Å². The van der Waals surface area contributed by atoms with E-state index in [1.165, 1.54) is 48.4 Å². The number of carbonyl (C=O) groups excluding carboxylic acids is 1. The van der Waals surface area contributed by atoms with E-state index >= 15 is 0 Å². The highest BCUT2D eigenvalue weighted by atomic mass is 35.5. The lowest BCUT2D eigenvalue weighted by Gasteiger charge is -2.20. The molecular weight excluding hydrogens is 399 g/mol. The summed E-state index contributed by atoms with van der Waals surface area (Å²) in [5.41, 5.74) is 0.644. The van der Waals surface area contributed by atoms with Gasteiger partial charge < -0.3 is 9.64 Å². The second-order valence-electron chi connectivity index (χ2n) is 5.71. The summed E-state index contributed by atoms with van der Waals surface area (Å²) in [4.78, 5) is 13.6. The zero-order chi connectivity index (χ0) is 18.9. The minimum absolute atomic E-state index is 0.000910. The van der Waals surface area contributed by atoms with E-state index in [0.29, 0.717) is 29.4 Å². The minimum atomic E-state index is -3.91. The predicted molar refractivity (Wildman–Crippen MR) is 102 cm³/mol. The monoisotopic (exact) mass is 414 g/mol. The van der Waals surface area contributed by atoms with E-state index in [1.807, 2.05) is 0 Å². The van der Waals surface area contributed by atoms with Crippen LogP contribution >= 0.6 is 23.2 Å². The number of methoxy groups -OCH3 is 1. The molecule has 1 fully saturated rings. The molecule has 0 aromatic heterocycles. The van der Waals surface area contributed by atoms with Gasteiger partial charge in [-0.1, -0.05) is 23.2 Å². The van der Waals surface area contributed by atoms with Crippen LogP contribution in [0.25, 0.3) is 0 Å². The summed E-state index contributed by atoms with van der Waals surface area (Å²) in [6.45, 7) is 0.523. The average molecular weight is 415 g/mol. The van der Waals surface area contributed by atoms with E-state index in [1.54, 1.807) is 0 Å². The van der Waals surface area contributed by atoms with Crippen LogP contribution in [0.5, 0.6) is 5.75 Å². The van der Waals surface area contributed by atoms with Crippen molar-refractivity contribution in [1.82, 2.24) is 0 Å². The summed E-state index contributed by atoms with van der Waals surface area (Å²) in [5.74, 6) is 0.371. The Kier molecular flexibility index (Phi) is 5.32. The number of nitrogens with zero attached hydrogens (tertiary/aromatic N) is 1. The maximum atomic E-state index is 12.7. The number of amides is 1. The van der Waals surface area contributed by atoms with Crippen molar-refractivity contribution in [1.29, 1.82) is 0 Å². The Morgan fingerprint density at radius 1 is 1.15 bits per heavy atom. The summed E-state index contributed by atoms with van der Waals surface area (Å²) in [6, 6.07) is 8.83. The van der Waals surface area contributed by atoms with Crippen LogP contribution in [-0.4, -0.2) is 28.0 Å². The highest BCUT2D eigenvalue weighted by Gasteiger charge is 2.26. The van der Waals surface area contributed by atoms with Crippen LogP contribution in [0.2, 0.25) is 10.0 Å². The van der Waals surface area contributed by atoms with Crippen molar-refractivity contribution >= 4 is 50.5 Å². The number of halogens is 2. The summed E-state index contributed by atoms with van der Waals surface area (Å²) in [7, 11) is -2.44. The van der Waals surface area contributed by atoms with Gasteiger partial charge in [0.15, 0.2) is 0 Å². The van der Waals surface area contributed by atoms with Crippen LogP contribution in [0.3, 0.4) is 0 Å². The Morgan fingerprint density at radius 3 is 2.54 bits per heavy atom. The van der Waals surface area contributed by atoms with Crippen molar-refractivity contribution in [3.05, 3.63) is 46.4 Å². The molecule has 9 heteroatoms. The van der Waals surface area contributed by atoms with Gasteiger partial charge in [0.25, 0.3) is 10.0 Å². The van der Waals surface area contributed by atoms with Crippen LogP contribution in [0.1, 0.15) is 12.8 Å². The van der Waals surface area contributed by atoms with Gasteiger partial charge in [0, 0.05) is 18.0 Å². The predicted octanol–water partition coefficient (Wildman–Crippen LogP) is 3.93. The third kappa shape index (κ3) is 3.75. The van der Waals surface area contributed by atoms with Crippen molar-refractivity contribution in [3.8, 4) is 5.75 Å². The highest BCUT2D eigenvalue weighted by molar-refractivity contribution is 7.92. The SMILES string of the molecule is COc1ccc(S(=O)(=O)Nc2ccc(Cl)cc2Cl)cc1N1CCCC1=O. The van der Waals surface area contributed by atoms with Gasteiger partial charge in [-0.25, -0.2) is 8.42 Å². The van der Waals surface area contributed by atoms with E-state index in [4.69, 9.17) is 27.9 Å². The molecule has 0 atom stereocenters. The van der Waals surface area contributed by atoms with Gasteiger partial charge in [-0.3, -0.25) is 9.52 Å². The van der Waals surface area contributed by atoms with Crippen molar-refractivity contribution in [2.45, 2.75) is 17.7 Å². The van der Waals surface area contributed by atoms with Gasteiger partial charge >= 0.3 is 0 Å². The first-order chi connectivity index (χ1) is 12.3. The Labute approximate surface area is 161 Å². The first-order valence-corrected chi connectivity index (χ1v) is 10.0. The maximum absolute atomic E-state index is 12.7. The number of carbonyl (C=O) groups is 1. The molecule has 1 amide bonds. The van der Waals surface area contributed by atoms with Crippen molar-refractivity contribution < 1.29 is 17.9 Å². The lowest BCUT2D eigenvalue weighted by molar-refractivity contribution is -0.117. The standard InChI is InChI=1S/C17H16Cl2N2O4S/c1-25-16-7-5-12(10-15(16)21-8-2-3-17(21)22)26(23,24)20-14-6-4-11(18)9-13(14)19/h4-7,9-10,20H,2-3,8H2,1H3. The molecule has 0 aliphatic carbocycles. The summed E-state index contributed by atoms with van der Waals surface area (Å²) in [6.07, 6.45) is 1.15. The molecule has 0 saturated carbocycles. The average Bonchev–Trinajstić information content (AvgIpc) is 3.02. The minimum Gasteiger partial charge on any atom is -0.495 e. The van der Waals surface area contributed by atoms with Crippen LogP contribution in [0.15, 0.2) is 41.3 Å². The molecule has 26 heavy (non-hydrogen) atoms. The molecule has 2 aromatic carbocycles. The molecule has 1 N–H and O–H groups in total. The van der Waals surface area contributed by atoms with Gasteiger partial charge in [-0.2, -0.15) is 0 Å². The molecule has 6 nitrogen and oxygen atoms in total. The third-order valence-electron chi connectivity index (χ3n) is 4.00. The molecule has 1 aliphatic rings. The highest BCUT2D eigenvalue weighted by Crippen LogP contribution is 2.35. The smallest absolute Gasteiger partial charge is 0.262 e. The molecule has 0 bridgehead atoms. The second kappa shape index (κ2) is 7.34. The number of rotatable bonds is 5. The fourth-order valence-corrected chi connectivity index (χ4v) is 4.34. The lowest BCUT2D eigenvalue weighted by atomic mass is 10.2.